The number of ether oxygens (including phenoxy) is 1. The average molecular weight is 474 g/mol. The minimum atomic E-state index is -4.55. The highest BCUT2D eigenvalue weighted by Crippen LogP contribution is 2.41. The van der Waals surface area contributed by atoms with E-state index in [0.717, 1.165) is 17.0 Å². The number of halogens is 6. The van der Waals surface area contributed by atoms with Gasteiger partial charge in [-0.2, -0.15) is 13.2 Å². The summed E-state index contributed by atoms with van der Waals surface area (Å²) in [6.45, 7) is -0.243. The largest absolute Gasteiger partial charge is 0.508 e. The maximum absolute atomic E-state index is 15.2. The molecule has 0 bridgehead atoms. The molecule has 0 aliphatic carbocycles. The molecule has 2 aliphatic rings. The lowest BCUT2D eigenvalue weighted by Crippen LogP contribution is -2.53. The van der Waals surface area contributed by atoms with E-state index in [1.807, 2.05) is 4.90 Å². The molecule has 1 saturated heterocycles. The first kappa shape index (κ1) is 23.7. The van der Waals surface area contributed by atoms with Gasteiger partial charge in [0.15, 0.2) is 0 Å². The Bertz CT molecular complexity index is 970. The van der Waals surface area contributed by atoms with Gasteiger partial charge >= 0.3 is 6.18 Å². The minimum Gasteiger partial charge on any atom is -0.508 e. The average Bonchev–Trinajstić information content (AvgIpc) is 2.69. The molecule has 4 nitrogen and oxygen atoms in total. The highest BCUT2D eigenvalue weighted by molar-refractivity contribution is 5.45. The van der Waals surface area contributed by atoms with E-state index >= 15 is 8.78 Å². The number of phenols is 1. The van der Waals surface area contributed by atoms with Crippen LogP contribution >= 0.6 is 0 Å². The number of fused-ring (bicyclic) bond motifs is 1. The number of alkyl halides is 4. The first-order valence-electron chi connectivity index (χ1n) is 10.7. The van der Waals surface area contributed by atoms with E-state index < -0.39 is 42.6 Å². The maximum Gasteiger partial charge on any atom is 0.401 e. The molecule has 2 aromatic rings. The van der Waals surface area contributed by atoms with E-state index in [9.17, 15) is 22.7 Å². The Balaban J connectivity index is 1.60. The number of aromatic hydroxyl groups is 1. The van der Waals surface area contributed by atoms with Crippen molar-refractivity contribution < 1.29 is 36.2 Å². The minimum absolute atomic E-state index is 0.0481. The van der Waals surface area contributed by atoms with Gasteiger partial charge in [0.1, 0.15) is 29.2 Å². The van der Waals surface area contributed by atoms with Crippen LogP contribution in [-0.2, 0) is 6.42 Å². The highest BCUT2D eigenvalue weighted by atomic mass is 19.4. The zero-order chi connectivity index (χ0) is 23.8. The van der Waals surface area contributed by atoms with Crippen molar-refractivity contribution in [3.05, 3.63) is 58.7 Å². The lowest BCUT2D eigenvalue weighted by Gasteiger charge is -2.39. The van der Waals surface area contributed by atoms with Crippen molar-refractivity contribution >= 4 is 0 Å². The Labute approximate surface area is 187 Å². The normalized spacial score (nSPS) is 19.9. The topological polar surface area (TPSA) is 35.9 Å². The molecule has 1 N–H and O–H groups in total. The van der Waals surface area contributed by atoms with Crippen LogP contribution in [0, 0.1) is 11.6 Å². The maximum atomic E-state index is 15.2. The van der Waals surface area contributed by atoms with Crippen LogP contribution in [-0.4, -0.2) is 66.6 Å². The van der Waals surface area contributed by atoms with Crippen molar-refractivity contribution in [1.82, 2.24) is 9.80 Å². The Morgan fingerprint density at radius 2 is 1.76 bits per heavy atom. The Kier molecular flexibility index (Phi) is 6.76. The van der Waals surface area contributed by atoms with Crippen LogP contribution in [0.15, 0.2) is 30.3 Å². The van der Waals surface area contributed by atoms with E-state index in [1.165, 1.54) is 18.2 Å². The van der Waals surface area contributed by atoms with E-state index in [2.05, 4.69) is 0 Å². The number of phenolic OH excluding ortho intramolecular Hbond substituents is 1. The van der Waals surface area contributed by atoms with Crippen LogP contribution in [0.4, 0.5) is 26.3 Å². The van der Waals surface area contributed by atoms with Gasteiger partial charge in [-0.25, -0.2) is 8.78 Å². The van der Waals surface area contributed by atoms with Crippen LogP contribution in [0.5, 0.6) is 11.5 Å². The number of benzene rings is 2. The zero-order valence-corrected chi connectivity index (χ0v) is 17.7. The van der Waals surface area contributed by atoms with Gasteiger partial charge in [-0.3, -0.25) is 14.2 Å². The molecule has 0 amide bonds. The van der Waals surface area contributed by atoms with Crippen molar-refractivity contribution in [2.24, 2.45) is 0 Å². The summed E-state index contributed by atoms with van der Waals surface area (Å²) < 4.78 is 87.8. The molecule has 0 radical (unpaired) electrons. The third-order valence-corrected chi connectivity index (χ3v) is 6.00. The second-order valence-corrected chi connectivity index (χ2v) is 8.46. The van der Waals surface area contributed by atoms with E-state index in [4.69, 9.17) is 4.74 Å². The monoisotopic (exact) mass is 474 g/mol. The van der Waals surface area contributed by atoms with Crippen molar-refractivity contribution in [2.45, 2.75) is 31.2 Å². The fourth-order valence-corrected chi connectivity index (χ4v) is 4.55. The lowest BCUT2D eigenvalue weighted by molar-refractivity contribution is -0.150. The van der Waals surface area contributed by atoms with E-state index in [0.29, 0.717) is 37.2 Å². The number of nitrogens with zero attached hydrogens (tertiary/aromatic N) is 2. The van der Waals surface area contributed by atoms with Crippen molar-refractivity contribution in [1.29, 1.82) is 0 Å². The van der Waals surface area contributed by atoms with Gasteiger partial charge in [-0.15, -0.1) is 0 Å². The summed E-state index contributed by atoms with van der Waals surface area (Å²) >= 11 is 0. The molecule has 1 fully saturated rings. The fraction of sp³-hybridized carbons (Fsp3) is 0.478. The molecule has 1 unspecified atom stereocenters. The molecule has 2 heterocycles. The molecule has 180 valence electrons. The molecule has 33 heavy (non-hydrogen) atoms. The Hall–Kier alpha value is -2.46. The zero-order valence-electron chi connectivity index (χ0n) is 17.7. The molecule has 0 spiro atoms. The molecule has 1 atom stereocenters. The molecule has 2 aromatic carbocycles. The van der Waals surface area contributed by atoms with Crippen LogP contribution in [0.1, 0.15) is 29.2 Å². The third-order valence-electron chi connectivity index (χ3n) is 6.00. The SMILES string of the molecule is Oc1ccc2c(c1)CCN(CC(F)(F)F)C2c1c(F)cc(OC2CN(CCCF)C2)cc1F. The quantitative estimate of drug-likeness (QED) is 0.595. The summed E-state index contributed by atoms with van der Waals surface area (Å²) in [5.41, 5.74) is 0.370. The Morgan fingerprint density at radius 3 is 2.39 bits per heavy atom. The van der Waals surface area contributed by atoms with Crippen molar-refractivity contribution in [3.8, 4) is 11.5 Å². The van der Waals surface area contributed by atoms with Crippen molar-refractivity contribution in [2.75, 3.05) is 39.4 Å². The van der Waals surface area contributed by atoms with E-state index in [1.54, 1.807) is 0 Å². The highest BCUT2D eigenvalue weighted by Gasteiger charge is 2.40. The molecule has 4 rings (SSSR count). The number of hydrogen-bond donors (Lipinski definition) is 1. The molecule has 0 saturated carbocycles. The van der Waals surface area contributed by atoms with Gasteiger partial charge in [-0.05, 0) is 36.1 Å². The summed E-state index contributed by atoms with van der Waals surface area (Å²) in [6, 6.07) is 4.78. The molecule has 10 heteroatoms. The molecular weight excluding hydrogens is 450 g/mol. The van der Waals surface area contributed by atoms with Gasteiger partial charge in [0.05, 0.1) is 19.3 Å². The van der Waals surface area contributed by atoms with E-state index in [-0.39, 0.29) is 30.6 Å². The Morgan fingerprint density at radius 1 is 1.06 bits per heavy atom. The van der Waals surface area contributed by atoms with Gasteiger partial charge in [0.25, 0.3) is 0 Å². The summed E-state index contributed by atoms with van der Waals surface area (Å²) in [4.78, 5) is 2.95. The first-order chi connectivity index (χ1) is 15.6. The van der Waals surface area contributed by atoms with Crippen LogP contribution < -0.4 is 4.74 Å². The molecule has 0 aromatic heterocycles. The van der Waals surface area contributed by atoms with Crippen molar-refractivity contribution in [3.63, 3.8) is 0 Å². The summed E-state index contributed by atoms with van der Waals surface area (Å²) in [6.07, 6.45) is -4.24. The van der Waals surface area contributed by atoms with Crippen LogP contribution in [0.25, 0.3) is 0 Å². The standard InChI is InChI=1S/C23H24F6N2O2/c24-5-1-6-30-11-17(12-30)33-16-9-19(25)21(20(26)10-16)22-18-3-2-15(32)8-14(18)4-7-31(22)13-23(27,28)29/h2-3,8-10,17,22,32H,1,4-7,11-13H2. The lowest BCUT2D eigenvalue weighted by atomic mass is 9.87. The van der Waals surface area contributed by atoms with Gasteiger partial charge in [-0.1, -0.05) is 6.07 Å². The number of rotatable bonds is 7. The summed E-state index contributed by atoms with van der Waals surface area (Å²) in [5.74, 6) is -2.12. The second kappa shape index (κ2) is 9.42. The summed E-state index contributed by atoms with van der Waals surface area (Å²) in [5, 5.41) is 9.74. The predicted octanol–water partition coefficient (Wildman–Crippen LogP) is 4.60. The first-order valence-corrected chi connectivity index (χ1v) is 10.7. The van der Waals surface area contributed by atoms with Crippen LogP contribution in [0.3, 0.4) is 0 Å². The van der Waals surface area contributed by atoms with Gasteiger partial charge in [0, 0.05) is 43.9 Å². The van der Waals surface area contributed by atoms with Gasteiger partial charge < -0.3 is 9.84 Å². The smallest absolute Gasteiger partial charge is 0.401 e. The molecular formula is C23H24F6N2O2. The predicted molar refractivity (Wildman–Crippen MR) is 109 cm³/mol. The third kappa shape index (κ3) is 5.38. The number of likely N-dealkylation sites (tertiary alicyclic amines) is 1. The van der Waals surface area contributed by atoms with Crippen LogP contribution in [0.2, 0.25) is 0 Å². The summed E-state index contributed by atoms with van der Waals surface area (Å²) in [7, 11) is 0. The molecule has 2 aliphatic heterocycles. The fourth-order valence-electron chi connectivity index (χ4n) is 4.55. The van der Waals surface area contributed by atoms with Gasteiger partial charge in [0.2, 0.25) is 0 Å². The second-order valence-electron chi connectivity index (χ2n) is 8.46. The number of hydrogen-bond acceptors (Lipinski definition) is 4.